The van der Waals surface area contributed by atoms with Crippen LogP contribution in [0.3, 0.4) is 0 Å². The summed E-state index contributed by atoms with van der Waals surface area (Å²) in [6, 6.07) is 0. The van der Waals surface area contributed by atoms with Crippen LogP contribution in [0.1, 0.15) is 49.4 Å². The first-order valence-corrected chi connectivity index (χ1v) is 9.74. The van der Waals surface area contributed by atoms with Gasteiger partial charge in [0, 0.05) is 26.1 Å². The molecule has 0 bridgehead atoms. The van der Waals surface area contributed by atoms with E-state index in [0.29, 0.717) is 39.1 Å². The second kappa shape index (κ2) is 7.23. The second-order valence-corrected chi connectivity index (χ2v) is 7.87. The quantitative estimate of drug-likeness (QED) is 0.710. The maximum atomic E-state index is 14.6. The lowest BCUT2D eigenvalue weighted by Gasteiger charge is -2.40. The number of carbonyl (C=O) groups excluding carboxylic acids is 1. The Morgan fingerprint density at radius 3 is 2.77 bits per heavy atom. The number of amides is 1. The predicted octanol–water partition coefficient (Wildman–Crippen LogP) is 1.25. The fourth-order valence-corrected chi connectivity index (χ4v) is 4.31. The van der Waals surface area contributed by atoms with Crippen molar-refractivity contribution < 1.29 is 13.9 Å². The number of rotatable bonds is 6. The van der Waals surface area contributed by atoms with Gasteiger partial charge in [0.1, 0.15) is 5.69 Å². The number of carbonyl (C=O) groups is 1. The fourth-order valence-electron chi connectivity index (χ4n) is 4.31. The zero-order valence-corrected chi connectivity index (χ0v) is 15.5. The van der Waals surface area contributed by atoms with Crippen LogP contribution in [0, 0.1) is 0 Å². The lowest BCUT2D eigenvalue weighted by molar-refractivity contribution is -0.151. The number of ether oxygens (including phenoxy) is 1. The summed E-state index contributed by atoms with van der Waals surface area (Å²) in [7, 11) is 1.86. The monoisotopic (exact) mass is 365 g/mol. The molecule has 8 heteroatoms. The maximum absolute atomic E-state index is 14.6. The zero-order chi connectivity index (χ0) is 18.1. The summed E-state index contributed by atoms with van der Waals surface area (Å²) >= 11 is 0. The minimum atomic E-state index is -1.67. The summed E-state index contributed by atoms with van der Waals surface area (Å²) < 4.78 is 22.3. The number of aryl methyl sites for hydroxylation is 1. The van der Waals surface area contributed by atoms with Crippen LogP contribution < -0.4 is 0 Å². The van der Waals surface area contributed by atoms with Gasteiger partial charge in [-0.15, -0.1) is 5.10 Å². The van der Waals surface area contributed by atoms with Gasteiger partial charge >= 0.3 is 0 Å². The molecule has 4 rings (SSSR count). The Morgan fingerprint density at radius 1 is 1.31 bits per heavy atom. The molecule has 1 saturated heterocycles. The molecule has 0 radical (unpaired) electrons. The van der Waals surface area contributed by atoms with Gasteiger partial charge in [0.2, 0.25) is 0 Å². The molecule has 1 amide bonds. The summed E-state index contributed by atoms with van der Waals surface area (Å²) in [6.45, 7) is 5.26. The third-order valence-corrected chi connectivity index (χ3v) is 6.00. The number of fused-ring (bicyclic) bond motifs is 1. The van der Waals surface area contributed by atoms with Crippen molar-refractivity contribution in [1.29, 1.82) is 0 Å². The molecule has 0 spiro atoms. The van der Waals surface area contributed by atoms with Crippen LogP contribution in [0.25, 0.3) is 0 Å². The number of hydrogen-bond acceptors (Lipinski definition) is 5. The normalized spacial score (nSPS) is 25.2. The lowest BCUT2D eigenvalue weighted by Crippen LogP contribution is -2.52. The molecule has 1 saturated carbocycles. The van der Waals surface area contributed by atoms with Crippen molar-refractivity contribution in [1.82, 2.24) is 24.8 Å². The van der Waals surface area contributed by atoms with Gasteiger partial charge < -0.3 is 14.5 Å². The van der Waals surface area contributed by atoms with Crippen LogP contribution in [0.2, 0.25) is 0 Å². The summed E-state index contributed by atoms with van der Waals surface area (Å²) in [5, 5.41) is 8.29. The van der Waals surface area contributed by atoms with E-state index in [1.807, 2.05) is 7.05 Å². The van der Waals surface area contributed by atoms with E-state index in [-0.39, 0.29) is 11.8 Å². The molecule has 144 valence electrons. The Balaban J connectivity index is 1.38. The molecule has 7 nitrogen and oxygen atoms in total. The molecule has 1 aromatic heterocycles. The van der Waals surface area contributed by atoms with Crippen LogP contribution in [0.15, 0.2) is 0 Å². The van der Waals surface area contributed by atoms with Crippen LogP contribution in [0.4, 0.5) is 4.39 Å². The highest BCUT2D eigenvalue weighted by atomic mass is 19.1. The number of aromatic nitrogens is 3. The number of likely N-dealkylation sites (tertiary alicyclic amines) is 1. The fraction of sp³-hybridized carbons (Fsp3) is 0.833. The van der Waals surface area contributed by atoms with Crippen molar-refractivity contribution in [3.05, 3.63) is 11.4 Å². The Hall–Kier alpha value is -1.54. The first-order chi connectivity index (χ1) is 12.6. The number of hydrogen-bond donors (Lipinski definition) is 0. The van der Waals surface area contributed by atoms with E-state index in [0.717, 1.165) is 37.4 Å². The zero-order valence-electron chi connectivity index (χ0n) is 15.5. The van der Waals surface area contributed by atoms with Crippen molar-refractivity contribution in [3.8, 4) is 0 Å². The standard InChI is InChI=1S/C18H28FN5O2/c1-22-16-14(13-26-10-9-23-7-2-3-8-23)11-24(12-15(16)20-21-22)17(25)18(19)5-4-6-18/h14H,2-13H2,1H3. The number of nitrogens with zero attached hydrogens (tertiary/aromatic N) is 5. The van der Waals surface area contributed by atoms with Gasteiger partial charge in [-0.1, -0.05) is 5.21 Å². The van der Waals surface area contributed by atoms with Crippen molar-refractivity contribution >= 4 is 5.91 Å². The van der Waals surface area contributed by atoms with E-state index in [2.05, 4.69) is 15.2 Å². The van der Waals surface area contributed by atoms with Gasteiger partial charge in [-0.05, 0) is 45.2 Å². The molecule has 2 aliphatic heterocycles. The Morgan fingerprint density at radius 2 is 2.08 bits per heavy atom. The SMILES string of the molecule is Cn1nnc2c1C(COCCN1CCCC1)CN(C(=O)C1(F)CCC1)C2. The molecular weight excluding hydrogens is 337 g/mol. The summed E-state index contributed by atoms with van der Waals surface area (Å²) in [5.41, 5.74) is 0.112. The number of halogens is 1. The van der Waals surface area contributed by atoms with Crippen molar-refractivity contribution in [2.75, 3.05) is 39.4 Å². The Labute approximate surface area is 153 Å². The average Bonchev–Trinajstić information content (AvgIpc) is 3.26. The van der Waals surface area contributed by atoms with Crippen molar-refractivity contribution in [2.45, 2.75) is 50.2 Å². The van der Waals surface area contributed by atoms with Crippen LogP contribution in [0.5, 0.6) is 0 Å². The maximum Gasteiger partial charge on any atom is 0.260 e. The minimum absolute atomic E-state index is 0.00930. The van der Waals surface area contributed by atoms with Crippen molar-refractivity contribution in [2.24, 2.45) is 7.05 Å². The highest BCUT2D eigenvalue weighted by Crippen LogP contribution is 2.39. The Kier molecular flexibility index (Phi) is 4.96. The largest absolute Gasteiger partial charge is 0.379 e. The molecule has 1 aromatic rings. The lowest BCUT2D eigenvalue weighted by atomic mass is 9.80. The molecule has 3 heterocycles. The molecule has 0 aromatic carbocycles. The molecule has 2 fully saturated rings. The van der Waals surface area contributed by atoms with Crippen LogP contribution in [-0.4, -0.2) is 75.8 Å². The summed E-state index contributed by atoms with van der Waals surface area (Å²) in [5.74, 6) is -0.396. The van der Waals surface area contributed by atoms with E-state index in [9.17, 15) is 9.18 Å². The molecule has 3 aliphatic rings. The van der Waals surface area contributed by atoms with Crippen molar-refractivity contribution in [3.63, 3.8) is 0 Å². The summed E-state index contributed by atoms with van der Waals surface area (Å²) in [4.78, 5) is 16.6. The van der Waals surface area contributed by atoms with Gasteiger partial charge in [0.25, 0.3) is 5.91 Å². The smallest absolute Gasteiger partial charge is 0.260 e. The van der Waals surface area contributed by atoms with Gasteiger partial charge in [-0.25, -0.2) is 4.39 Å². The number of alkyl halides is 1. The van der Waals surface area contributed by atoms with E-state index < -0.39 is 5.67 Å². The highest BCUT2D eigenvalue weighted by molar-refractivity contribution is 5.86. The molecule has 26 heavy (non-hydrogen) atoms. The van der Waals surface area contributed by atoms with E-state index in [4.69, 9.17) is 4.74 Å². The average molecular weight is 365 g/mol. The first-order valence-electron chi connectivity index (χ1n) is 9.74. The molecular formula is C18H28FN5O2. The van der Waals surface area contributed by atoms with E-state index >= 15 is 0 Å². The van der Waals surface area contributed by atoms with E-state index in [1.54, 1.807) is 9.58 Å². The first kappa shape index (κ1) is 17.9. The van der Waals surface area contributed by atoms with Crippen LogP contribution in [-0.2, 0) is 23.1 Å². The predicted molar refractivity (Wildman–Crippen MR) is 93.3 cm³/mol. The Bertz CT molecular complexity index is 654. The third-order valence-electron chi connectivity index (χ3n) is 6.00. The third kappa shape index (κ3) is 3.36. The van der Waals surface area contributed by atoms with Gasteiger partial charge in [-0.2, -0.15) is 0 Å². The topological polar surface area (TPSA) is 63.5 Å². The minimum Gasteiger partial charge on any atom is -0.379 e. The second-order valence-electron chi connectivity index (χ2n) is 7.87. The molecule has 1 atom stereocenters. The molecule has 1 unspecified atom stereocenters. The highest BCUT2D eigenvalue weighted by Gasteiger charge is 2.48. The summed E-state index contributed by atoms with van der Waals surface area (Å²) in [6.07, 6.45) is 4.01. The van der Waals surface area contributed by atoms with Gasteiger partial charge in [-0.3, -0.25) is 9.48 Å². The van der Waals surface area contributed by atoms with E-state index in [1.165, 1.54) is 12.8 Å². The van der Waals surface area contributed by atoms with Gasteiger partial charge in [0.05, 0.1) is 25.5 Å². The molecule has 1 aliphatic carbocycles. The van der Waals surface area contributed by atoms with Gasteiger partial charge in [0.15, 0.2) is 5.67 Å². The molecule has 0 N–H and O–H groups in total. The van der Waals surface area contributed by atoms with Crippen LogP contribution >= 0.6 is 0 Å².